The van der Waals surface area contributed by atoms with Crippen LogP contribution in [0.5, 0.6) is 0 Å². The lowest BCUT2D eigenvalue weighted by molar-refractivity contribution is -0.671. The lowest BCUT2D eigenvalue weighted by Crippen LogP contribution is -3.00. The van der Waals surface area contributed by atoms with Crippen LogP contribution in [-0.2, 0) is 0 Å². The third-order valence-electron chi connectivity index (χ3n) is 4.29. The van der Waals surface area contributed by atoms with Crippen LogP contribution >= 0.6 is 23.2 Å². The van der Waals surface area contributed by atoms with Crippen molar-refractivity contribution in [3.8, 4) is 0 Å². The van der Waals surface area contributed by atoms with Gasteiger partial charge in [0, 0.05) is 17.9 Å². The molecule has 4 heteroatoms. The van der Waals surface area contributed by atoms with E-state index in [2.05, 4.69) is 42.7 Å². The molecule has 1 nitrogen and oxygen atoms in total. The van der Waals surface area contributed by atoms with Crippen LogP contribution in [0.3, 0.4) is 0 Å². The molecule has 2 atom stereocenters. The minimum atomic E-state index is 0. The van der Waals surface area contributed by atoms with E-state index in [-0.39, 0.29) is 12.4 Å². The first-order valence-corrected chi connectivity index (χ1v) is 7.79. The molecule has 1 aliphatic rings. The molecule has 0 fully saturated rings. The van der Waals surface area contributed by atoms with E-state index in [0.717, 1.165) is 6.42 Å². The SMILES string of the molecule is C[NH2+]C1CCC(c2ccc(Cl)c(Cl)c2)c2ccccc21.[Cl-]. The van der Waals surface area contributed by atoms with Gasteiger partial charge < -0.3 is 17.7 Å². The maximum Gasteiger partial charge on any atom is 0.112 e. The van der Waals surface area contributed by atoms with Crippen LogP contribution in [0.25, 0.3) is 0 Å². The number of hydrogen-bond acceptors (Lipinski definition) is 0. The summed E-state index contributed by atoms with van der Waals surface area (Å²) >= 11 is 12.2. The molecular weight excluding hydrogens is 325 g/mol. The van der Waals surface area contributed by atoms with Gasteiger partial charge in [-0.15, -0.1) is 0 Å². The Morgan fingerprint density at radius 2 is 1.67 bits per heavy atom. The Morgan fingerprint density at radius 1 is 0.952 bits per heavy atom. The number of rotatable bonds is 2. The number of hydrogen-bond donors (Lipinski definition) is 1. The van der Waals surface area contributed by atoms with Crippen molar-refractivity contribution in [3.05, 3.63) is 69.2 Å². The summed E-state index contributed by atoms with van der Waals surface area (Å²) < 4.78 is 0. The van der Waals surface area contributed by atoms with Gasteiger partial charge in [-0.05, 0) is 29.7 Å². The Balaban J connectivity index is 0.00000161. The van der Waals surface area contributed by atoms with Crippen LogP contribution in [0.2, 0.25) is 10.0 Å². The average molecular weight is 343 g/mol. The first-order chi connectivity index (χ1) is 9.70. The highest BCUT2D eigenvalue weighted by Gasteiger charge is 2.29. The molecule has 0 aliphatic heterocycles. The Labute approximate surface area is 142 Å². The van der Waals surface area contributed by atoms with Crippen LogP contribution < -0.4 is 17.7 Å². The first kappa shape index (κ1) is 16.6. The maximum atomic E-state index is 6.18. The van der Waals surface area contributed by atoms with E-state index in [1.165, 1.54) is 23.1 Å². The summed E-state index contributed by atoms with van der Waals surface area (Å²) in [7, 11) is 2.15. The second-order valence-corrected chi connectivity index (χ2v) is 6.19. The van der Waals surface area contributed by atoms with Crippen molar-refractivity contribution in [2.24, 2.45) is 0 Å². The van der Waals surface area contributed by atoms with Crippen LogP contribution in [0.1, 0.15) is 41.5 Å². The largest absolute Gasteiger partial charge is 1.00 e. The first-order valence-electron chi connectivity index (χ1n) is 7.04. The van der Waals surface area contributed by atoms with Crippen LogP contribution in [0.4, 0.5) is 0 Å². The minimum absolute atomic E-state index is 0. The molecule has 2 N–H and O–H groups in total. The van der Waals surface area contributed by atoms with Gasteiger partial charge in [-0.2, -0.15) is 0 Å². The zero-order valence-electron chi connectivity index (χ0n) is 11.8. The standard InChI is InChI=1S/C17H17Cl2N.ClH/c1-20-17-9-7-12(13-4-2-3-5-14(13)17)11-6-8-15(18)16(19)10-11;/h2-6,8,10,12,17,20H,7,9H2,1H3;1H. The summed E-state index contributed by atoms with van der Waals surface area (Å²) in [6.45, 7) is 0. The van der Waals surface area contributed by atoms with Crippen LogP contribution in [0.15, 0.2) is 42.5 Å². The molecule has 0 spiro atoms. The summed E-state index contributed by atoms with van der Waals surface area (Å²) in [5.41, 5.74) is 4.15. The zero-order chi connectivity index (χ0) is 14.1. The number of nitrogens with two attached hydrogens (primary N) is 1. The smallest absolute Gasteiger partial charge is 0.112 e. The van der Waals surface area contributed by atoms with Crippen molar-refractivity contribution < 1.29 is 17.7 Å². The second kappa shape index (κ2) is 7.02. The molecule has 0 saturated carbocycles. The summed E-state index contributed by atoms with van der Waals surface area (Å²) in [5.74, 6) is 0.428. The van der Waals surface area contributed by atoms with Gasteiger partial charge in [-0.1, -0.05) is 53.5 Å². The van der Waals surface area contributed by atoms with Gasteiger partial charge in [-0.25, -0.2) is 0 Å². The van der Waals surface area contributed by atoms with Gasteiger partial charge >= 0.3 is 0 Å². The molecule has 0 aromatic heterocycles. The molecule has 21 heavy (non-hydrogen) atoms. The van der Waals surface area contributed by atoms with Crippen molar-refractivity contribution in [2.45, 2.75) is 24.8 Å². The zero-order valence-corrected chi connectivity index (χ0v) is 14.1. The van der Waals surface area contributed by atoms with E-state index in [0.29, 0.717) is 22.0 Å². The van der Waals surface area contributed by atoms with Gasteiger partial charge in [0.1, 0.15) is 6.04 Å². The van der Waals surface area contributed by atoms with E-state index in [9.17, 15) is 0 Å². The lowest BCUT2D eigenvalue weighted by atomic mass is 9.77. The van der Waals surface area contributed by atoms with E-state index >= 15 is 0 Å². The van der Waals surface area contributed by atoms with Gasteiger partial charge in [0.15, 0.2) is 0 Å². The predicted octanol–water partition coefficient (Wildman–Crippen LogP) is 1.16. The molecule has 0 saturated heterocycles. The quantitative estimate of drug-likeness (QED) is 0.843. The Hall–Kier alpha value is -0.730. The van der Waals surface area contributed by atoms with Crippen molar-refractivity contribution in [1.29, 1.82) is 0 Å². The van der Waals surface area contributed by atoms with Crippen molar-refractivity contribution in [3.63, 3.8) is 0 Å². The molecule has 0 radical (unpaired) electrons. The van der Waals surface area contributed by atoms with Gasteiger partial charge in [0.2, 0.25) is 0 Å². The lowest BCUT2D eigenvalue weighted by Gasteiger charge is -2.30. The second-order valence-electron chi connectivity index (χ2n) is 5.37. The molecular formula is C17H18Cl3N. The Bertz CT molecular complexity index is 627. The summed E-state index contributed by atoms with van der Waals surface area (Å²) in [4.78, 5) is 0. The van der Waals surface area contributed by atoms with Crippen molar-refractivity contribution in [2.75, 3.05) is 7.05 Å². The molecule has 2 aromatic rings. The summed E-state index contributed by atoms with van der Waals surface area (Å²) in [6, 6.07) is 15.4. The van der Waals surface area contributed by atoms with Crippen molar-refractivity contribution >= 4 is 23.2 Å². The average Bonchev–Trinajstić information content (AvgIpc) is 2.49. The number of benzene rings is 2. The Kier molecular flexibility index (Phi) is 5.56. The highest BCUT2D eigenvalue weighted by atomic mass is 35.5. The van der Waals surface area contributed by atoms with Crippen LogP contribution in [0, 0.1) is 0 Å². The van der Waals surface area contributed by atoms with Crippen molar-refractivity contribution in [1.82, 2.24) is 0 Å². The molecule has 112 valence electrons. The van der Waals surface area contributed by atoms with Gasteiger partial charge in [-0.3, -0.25) is 0 Å². The Morgan fingerprint density at radius 3 is 2.33 bits per heavy atom. The van der Waals surface area contributed by atoms with Gasteiger partial charge in [0.05, 0.1) is 17.1 Å². The normalized spacial score (nSPS) is 20.5. The van der Waals surface area contributed by atoms with E-state index < -0.39 is 0 Å². The van der Waals surface area contributed by atoms with Crippen LogP contribution in [-0.4, -0.2) is 7.05 Å². The minimum Gasteiger partial charge on any atom is -1.00 e. The predicted molar refractivity (Wildman–Crippen MR) is 84.6 cm³/mol. The number of fused-ring (bicyclic) bond motifs is 1. The topological polar surface area (TPSA) is 16.6 Å². The third kappa shape index (κ3) is 3.22. The van der Waals surface area contributed by atoms with E-state index in [1.807, 2.05) is 12.1 Å². The van der Waals surface area contributed by atoms with E-state index in [1.54, 1.807) is 0 Å². The molecule has 1 aliphatic carbocycles. The molecule has 3 rings (SSSR count). The molecule has 0 amide bonds. The monoisotopic (exact) mass is 341 g/mol. The molecule has 2 unspecified atom stereocenters. The maximum absolute atomic E-state index is 6.18. The molecule has 2 aromatic carbocycles. The fourth-order valence-electron chi connectivity index (χ4n) is 3.24. The third-order valence-corrected chi connectivity index (χ3v) is 5.02. The summed E-state index contributed by atoms with van der Waals surface area (Å²) in [6.07, 6.45) is 2.35. The molecule has 0 bridgehead atoms. The highest BCUT2D eigenvalue weighted by Crippen LogP contribution is 2.40. The van der Waals surface area contributed by atoms with E-state index in [4.69, 9.17) is 23.2 Å². The molecule has 0 heterocycles. The fourth-order valence-corrected chi connectivity index (χ4v) is 3.55. The number of halogens is 3. The number of quaternary nitrogens is 1. The summed E-state index contributed by atoms with van der Waals surface area (Å²) in [5, 5.41) is 3.58. The highest BCUT2D eigenvalue weighted by molar-refractivity contribution is 6.42. The van der Waals surface area contributed by atoms with Gasteiger partial charge in [0.25, 0.3) is 0 Å². The fraction of sp³-hybridized carbons (Fsp3) is 0.294.